The van der Waals surface area contributed by atoms with Crippen LogP contribution in [0.5, 0.6) is 0 Å². The Kier molecular flexibility index (Phi) is 3.30. The Labute approximate surface area is 147 Å². The van der Waals surface area contributed by atoms with Gasteiger partial charge in [-0.15, -0.1) is 0 Å². The topological polar surface area (TPSA) is 46.8 Å². The quantitative estimate of drug-likeness (QED) is 0.727. The molecular formula is C20H23N5. The molecule has 0 radical (unpaired) electrons. The number of nitrogens with zero attached hydrogens (tertiary/aromatic N) is 5. The molecule has 1 aromatic carbocycles. The van der Waals surface area contributed by atoms with Gasteiger partial charge in [-0.1, -0.05) is 26.0 Å². The first-order valence-electron chi connectivity index (χ1n) is 9.25. The molecule has 0 bridgehead atoms. The van der Waals surface area contributed by atoms with Gasteiger partial charge in [0.1, 0.15) is 17.5 Å². The fourth-order valence-corrected chi connectivity index (χ4v) is 3.74. The number of benzene rings is 1. The van der Waals surface area contributed by atoms with Crippen LogP contribution in [0.3, 0.4) is 0 Å². The zero-order valence-corrected chi connectivity index (χ0v) is 14.8. The van der Waals surface area contributed by atoms with Crippen molar-refractivity contribution in [1.29, 1.82) is 0 Å². The molecule has 5 rings (SSSR count). The number of imidazole rings is 1. The number of hydrogen-bond donors (Lipinski definition) is 0. The van der Waals surface area contributed by atoms with E-state index < -0.39 is 0 Å². The Hall–Kier alpha value is -2.43. The van der Waals surface area contributed by atoms with E-state index in [0.717, 1.165) is 30.2 Å². The lowest BCUT2D eigenvalue weighted by atomic mass is 10.1. The second kappa shape index (κ2) is 5.55. The second-order valence-electron chi connectivity index (χ2n) is 7.59. The summed E-state index contributed by atoms with van der Waals surface area (Å²) in [5.74, 6) is 4.30. The van der Waals surface area contributed by atoms with Crippen LogP contribution in [0.25, 0.3) is 11.0 Å². The average Bonchev–Trinajstić information content (AvgIpc) is 3.36. The Morgan fingerprint density at radius 1 is 1.04 bits per heavy atom. The molecule has 1 saturated heterocycles. The summed E-state index contributed by atoms with van der Waals surface area (Å²) in [4.78, 5) is 16.5. The van der Waals surface area contributed by atoms with E-state index in [9.17, 15) is 0 Å². The summed E-state index contributed by atoms with van der Waals surface area (Å²) in [7, 11) is 0. The maximum atomic E-state index is 4.88. The van der Waals surface area contributed by atoms with Crippen molar-refractivity contribution in [3.8, 4) is 0 Å². The smallest absolute Gasteiger partial charge is 0.133 e. The van der Waals surface area contributed by atoms with Gasteiger partial charge >= 0.3 is 0 Å². The van der Waals surface area contributed by atoms with Crippen molar-refractivity contribution in [3.63, 3.8) is 0 Å². The maximum absolute atomic E-state index is 4.88. The molecule has 128 valence electrons. The van der Waals surface area contributed by atoms with Crippen LogP contribution >= 0.6 is 0 Å². The zero-order chi connectivity index (χ0) is 17.0. The van der Waals surface area contributed by atoms with E-state index in [4.69, 9.17) is 9.97 Å². The van der Waals surface area contributed by atoms with Gasteiger partial charge < -0.3 is 9.47 Å². The van der Waals surface area contributed by atoms with E-state index in [1.807, 2.05) is 12.3 Å². The maximum Gasteiger partial charge on any atom is 0.133 e. The minimum Gasteiger partial charge on any atom is -0.352 e. The van der Waals surface area contributed by atoms with Crippen LogP contribution in [0.15, 0.2) is 36.5 Å². The highest BCUT2D eigenvalue weighted by Crippen LogP contribution is 2.39. The van der Waals surface area contributed by atoms with Gasteiger partial charge in [0.2, 0.25) is 0 Å². The van der Waals surface area contributed by atoms with Crippen molar-refractivity contribution < 1.29 is 0 Å². The molecule has 3 heterocycles. The molecule has 25 heavy (non-hydrogen) atoms. The SMILES string of the molecule is CC(C)c1nc2ccccc2n1C1CN(c2ccnc(C3CC3)n2)C1. The van der Waals surface area contributed by atoms with Crippen molar-refractivity contribution in [2.24, 2.45) is 0 Å². The van der Waals surface area contributed by atoms with Crippen molar-refractivity contribution in [3.05, 3.63) is 48.2 Å². The molecule has 0 atom stereocenters. The predicted octanol–water partition coefficient (Wildman–Crippen LogP) is 3.89. The number of anilines is 1. The second-order valence-corrected chi connectivity index (χ2v) is 7.59. The standard InChI is InChI=1S/C20H23N5/c1-13(2)20-22-16-5-3-4-6-17(16)25(20)15-11-24(12-15)18-9-10-21-19(23-18)14-7-8-14/h3-6,9-10,13-15H,7-8,11-12H2,1-2H3. The van der Waals surface area contributed by atoms with Crippen LogP contribution in [0, 0.1) is 0 Å². The minimum atomic E-state index is 0.418. The molecule has 0 amide bonds. The van der Waals surface area contributed by atoms with Gasteiger partial charge in [-0.2, -0.15) is 0 Å². The molecule has 1 aliphatic heterocycles. The molecule has 5 nitrogen and oxygen atoms in total. The summed E-state index contributed by atoms with van der Waals surface area (Å²) in [6.45, 7) is 6.42. The average molecular weight is 333 g/mol. The molecule has 3 aromatic rings. The Morgan fingerprint density at radius 2 is 1.84 bits per heavy atom. The first-order valence-corrected chi connectivity index (χ1v) is 9.25. The van der Waals surface area contributed by atoms with Crippen molar-refractivity contribution >= 4 is 16.9 Å². The molecule has 2 fully saturated rings. The molecule has 1 saturated carbocycles. The summed E-state index contributed by atoms with van der Waals surface area (Å²) < 4.78 is 2.44. The van der Waals surface area contributed by atoms with Crippen LogP contribution in [-0.2, 0) is 0 Å². The fourth-order valence-electron chi connectivity index (χ4n) is 3.74. The van der Waals surface area contributed by atoms with E-state index in [-0.39, 0.29) is 0 Å². The highest BCUT2D eigenvalue weighted by Gasteiger charge is 2.33. The third-order valence-corrected chi connectivity index (χ3v) is 5.29. The predicted molar refractivity (Wildman–Crippen MR) is 99.1 cm³/mol. The third kappa shape index (κ3) is 2.49. The summed E-state index contributed by atoms with van der Waals surface area (Å²) in [5.41, 5.74) is 2.35. The number of rotatable bonds is 4. The van der Waals surface area contributed by atoms with Gasteiger partial charge in [0.25, 0.3) is 0 Å². The number of aromatic nitrogens is 4. The van der Waals surface area contributed by atoms with E-state index >= 15 is 0 Å². The Bertz CT molecular complexity index is 919. The fraction of sp³-hybridized carbons (Fsp3) is 0.450. The lowest BCUT2D eigenvalue weighted by Crippen LogP contribution is -2.48. The summed E-state index contributed by atoms with van der Waals surface area (Å²) in [6, 6.07) is 11.0. The number of para-hydroxylation sites is 2. The van der Waals surface area contributed by atoms with Crippen LogP contribution < -0.4 is 4.90 Å². The van der Waals surface area contributed by atoms with Gasteiger partial charge in [-0.05, 0) is 31.0 Å². The van der Waals surface area contributed by atoms with E-state index in [1.54, 1.807) is 0 Å². The highest BCUT2D eigenvalue weighted by atomic mass is 15.3. The minimum absolute atomic E-state index is 0.418. The lowest BCUT2D eigenvalue weighted by Gasteiger charge is -2.42. The molecule has 5 heteroatoms. The first-order chi connectivity index (χ1) is 12.2. The van der Waals surface area contributed by atoms with Crippen molar-refractivity contribution in [2.45, 2.75) is 44.6 Å². The van der Waals surface area contributed by atoms with Gasteiger partial charge in [0.05, 0.1) is 17.1 Å². The molecule has 0 unspecified atom stereocenters. The molecule has 0 spiro atoms. The molecule has 0 N–H and O–H groups in total. The normalized spacial score (nSPS) is 18.1. The van der Waals surface area contributed by atoms with E-state index in [1.165, 1.54) is 24.2 Å². The van der Waals surface area contributed by atoms with Crippen molar-refractivity contribution in [2.75, 3.05) is 18.0 Å². The van der Waals surface area contributed by atoms with Gasteiger partial charge in [-0.25, -0.2) is 15.0 Å². The Balaban J connectivity index is 1.42. The Morgan fingerprint density at radius 3 is 2.60 bits per heavy atom. The molecule has 2 aromatic heterocycles. The van der Waals surface area contributed by atoms with Gasteiger partial charge in [0, 0.05) is 31.1 Å². The molecular weight excluding hydrogens is 310 g/mol. The van der Waals surface area contributed by atoms with Gasteiger partial charge in [-0.3, -0.25) is 0 Å². The van der Waals surface area contributed by atoms with Crippen LogP contribution in [0.4, 0.5) is 5.82 Å². The summed E-state index contributed by atoms with van der Waals surface area (Å²) >= 11 is 0. The zero-order valence-electron chi connectivity index (χ0n) is 14.8. The van der Waals surface area contributed by atoms with Gasteiger partial charge in [0.15, 0.2) is 0 Å². The van der Waals surface area contributed by atoms with Crippen LogP contribution in [0.1, 0.15) is 56.2 Å². The highest BCUT2D eigenvalue weighted by molar-refractivity contribution is 5.76. The largest absolute Gasteiger partial charge is 0.352 e. The lowest BCUT2D eigenvalue weighted by molar-refractivity contribution is 0.390. The molecule has 2 aliphatic rings. The van der Waals surface area contributed by atoms with Crippen LogP contribution in [0.2, 0.25) is 0 Å². The first kappa shape index (κ1) is 14.9. The monoisotopic (exact) mass is 333 g/mol. The number of fused-ring (bicyclic) bond motifs is 1. The summed E-state index contributed by atoms with van der Waals surface area (Å²) in [6.07, 6.45) is 4.39. The third-order valence-electron chi connectivity index (χ3n) is 5.29. The summed E-state index contributed by atoms with van der Waals surface area (Å²) in [5, 5.41) is 0. The van der Waals surface area contributed by atoms with E-state index in [2.05, 4.69) is 52.6 Å². The number of hydrogen-bond acceptors (Lipinski definition) is 4. The van der Waals surface area contributed by atoms with Crippen molar-refractivity contribution in [1.82, 2.24) is 19.5 Å². The van der Waals surface area contributed by atoms with Crippen LogP contribution in [-0.4, -0.2) is 32.6 Å². The molecule has 1 aliphatic carbocycles. The van der Waals surface area contributed by atoms with E-state index in [0.29, 0.717) is 17.9 Å².